The Morgan fingerprint density at radius 1 is 1.50 bits per heavy atom. The molecule has 2 rings (SSSR count). The van der Waals surface area contributed by atoms with Gasteiger partial charge in [-0.2, -0.15) is 0 Å². The summed E-state index contributed by atoms with van der Waals surface area (Å²) in [6.07, 6.45) is 2.03. The second kappa shape index (κ2) is 4.17. The van der Waals surface area contributed by atoms with Crippen LogP contribution in [0.3, 0.4) is 0 Å². The molecule has 0 saturated carbocycles. The van der Waals surface area contributed by atoms with Crippen molar-refractivity contribution < 1.29 is 4.79 Å². The van der Waals surface area contributed by atoms with Gasteiger partial charge in [-0.25, -0.2) is 9.97 Å². The summed E-state index contributed by atoms with van der Waals surface area (Å²) in [5.41, 5.74) is 6.86. The molecule has 82 valence electrons. The third-order valence-electron chi connectivity index (χ3n) is 2.32. The van der Waals surface area contributed by atoms with Gasteiger partial charge >= 0.3 is 0 Å². The summed E-state index contributed by atoms with van der Waals surface area (Å²) in [4.78, 5) is 19.8. The molecule has 0 aromatic carbocycles. The number of carbonyl (C=O) groups is 1. The van der Waals surface area contributed by atoms with Crippen molar-refractivity contribution in [3.63, 3.8) is 0 Å². The minimum atomic E-state index is 0.0178. The minimum absolute atomic E-state index is 0.0178. The summed E-state index contributed by atoms with van der Waals surface area (Å²) in [6, 6.07) is 3.46. The second-order valence-corrected chi connectivity index (χ2v) is 4.22. The molecule has 2 aromatic rings. The summed E-state index contributed by atoms with van der Waals surface area (Å²) < 4.78 is 0.738. The Kier molecular flexibility index (Phi) is 2.87. The van der Waals surface area contributed by atoms with Gasteiger partial charge in [0.25, 0.3) is 0 Å². The molecule has 2 aromatic heterocycles. The fraction of sp³-hybridized carbons (Fsp3) is 0.182. The van der Waals surface area contributed by atoms with Gasteiger partial charge in [-0.05, 0) is 28.1 Å². The van der Waals surface area contributed by atoms with Crippen molar-refractivity contribution in [3.05, 3.63) is 28.5 Å². The molecule has 0 radical (unpaired) electrons. The van der Waals surface area contributed by atoms with Crippen LogP contribution in [0.4, 0.5) is 5.82 Å². The molecule has 0 unspecified atom stereocenters. The third-order valence-corrected chi connectivity index (χ3v) is 2.90. The van der Waals surface area contributed by atoms with Gasteiger partial charge in [-0.3, -0.25) is 4.79 Å². The van der Waals surface area contributed by atoms with Gasteiger partial charge < -0.3 is 5.73 Å². The Hall–Kier alpha value is -1.49. The van der Waals surface area contributed by atoms with Crippen LogP contribution in [0.5, 0.6) is 0 Å². The van der Waals surface area contributed by atoms with Crippen molar-refractivity contribution in [1.29, 1.82) is 0 Å². The molecule has 0 aliphatic heterocycles. The first-order chi connectivity index (χ1) is 7.63. The number of hydrogen-bond acceptors (Lipinski definition) is 4. The van der Waals surface area contributed by atoms with E-state index in [0.29, 0.717) is 23.4 Å². The number of carbonyl (C=O) groups excluding carboxylic acids is 1. The largest absolute Gasteiger partial charge is 0.383 e. The first kappa shape index (κ1) is 11.0. The number of ketones is 1. The van der Waals surface area contributed by atoms with Crippen LogP contribution < -0.4 is 5.73 Å². The van der Waals surface area contributed by atoms with Crippen LogP contribution in [0.1, 0.15) is 23.8 Å². The molecule has 0 atom stereocenters. The molecule has 0 saturated heterocycles. The number of nitrogen functional groups attached to an aromatic ring is 1. The summed E-state index contributed by atoms with van der Waals surface area (Å²) in [5.74, 6) is 0.436. The lowest BCUT2D eigenvalue weighted by molar-refractivity contribution is 0.0984. The number of pyridine rings is 2. The van der Waals surface area contributed by atoms with Crippen molar-refractivity contribution in [3.8, 4) is 0 Å². The van der Waals surface area contributed by atoms with E-state index in [4.69, 9.17) is 5.73 Å². The van der Waals surface area contributed by atoms with E-state index in [0.717, 1.165) is 9.86 Å². The van der Waals surface area contributed by atoms with Crippen LogP contribution in [0.25, 0.3) is 10.9 Å². The van der Waals surface area contributed by atoms with Crippen LogP contribution in [0.15, 0.2) is 22.8 Å². The molecule has 2 heterocycles. The van der Waals surface area contributed by atoms with Gasteiger partial charge in [0.2, 0.25) is 0 Å². The molecule has 4 nitrogen and oxygen atoms in total. The fourth-order valence-corrected chi connectivity index (χ4v) is 1.85. The number of rotatable bonds is 2. The van der Waals surface area contributed by atoms with Crippen LogP contribution in [-0.2, 0) is 0 Å². The van der Waals surface area contributed by atoms with Crippen molar-refractivity contribution in [2.24, 2.45) is 0 Å². The highest BCUT2D eigenvalue weighted by Crippen LogP contribution is 2.25. The maximum absolute atomic E-state index is 11.5. The highest BCUT2D eigenvalue weighted by Gasteiger charge is 2.09. The van der Waals surface area contributed by atoms with E-state index in [2.05, 4.69) is 25.9 Å². The number of anilines is 1. The summed E-state index contributed by atoms with van der Waals surface area (Å²) in [7, 11) is 0. The van der Waals surface area contributed by atoms with Gasteiger partial charge in [-0.1, -0.05) is 6.92 Å². The Balaban J connectivity index is 2.70. The quantitative estimate of drug-likeness (QED) is 0.858. The summed E-state index contributed by atoms with van der Waals surface area (Å²) in [5, 5.41) is 0.752. The molecule has 0 aliphatic rings. The lowest BCUT2D eigenvalue weighted by Crippen LogP contribution is -2.01. The van der Waals surface area contributed by atoms with E-state index in [1.165, 1.54) is 0 Å². The van der Waals surface area contributed by atoms with Gasteiger partial charge in [0.1, 0.15) is 11.5 Å². The van der Waals surface area contributed by atoms with Crippen molar-refractivity contribution in [2.45, 2.75) is 13.3 Å². The normalized spacial score (nSPS) is 10.6. The maximum Gasteiger partial charge on any atom is 0.180 e. The van der Waals surface area contributed by atoms with Crippen molar-refractivity contribution in [2.75, 3.05) is 5.73 Å². The van der Waals surface area contributed by atoms with E-state index < -0.39 is 0 Å². The van der Waals surface area contributed by atoms with Crippen LogP contribution in [-0.4, -0.2) is 15.8 Å². The molecule has 0 amide bonds. The lowest BCUT2D eigenvalue weighted by Gasteiger charge is -2.04. The van der Waals surface area contributed by atoms with E-state index in [9.17, 15) is 4.79 Å². The molecule has 16 heavy (non-hydrogen) atoms. The van der Waals surface area contributed by atoms with Gasteiger partial charge in [0.15, 0.2) is 5.78 Å². The zero-order valence-electron chi connectivity index (χ0n) is 8.70. The van der Waals surface area contributed by atoms with E-state index in [1.54, 1.807) is 18.3 Å². The van der Waals surface area contributed by atoms with E-state index in [-0.39, 0.29) is 5.78 Å². The molecular weight excluding hydrogens is 270 g/mol. The second-order valence-electron chi connectivity index (χ2n) is 3.36. The number of halogens is 1. The predicted molar refractivity (Wildman–Crippen MR) is 66.3 cm³/mol. The molecule has 0 fully saturated rings. The average molecular weight is 280 g/mol. The first-order valence-corrected chi connectivity index (χ1v) is 5.66. The summed E-state index contributed by atoms with van der Waals surface area (Å²) >= 11 is 3.34. The maximum atomic E-state index is 11.5. The lowest BCUT2D eigenvalue weighted by atomic mass is 10.1. The van der Waals surface area contributed by atoms with Crippen molar-refractivity contribution in [1.82, 2.24) is 9.97 Å². The zero-order chi connectivity index (χ0) is 11.7. The Morgan fingerprint density at radius 2 is 2.25 bits per heavy atom. The molecule has 0 bridgehead atoms. The monoisotopic (exact) mass is 279 g/mol. The van der Waals surface area contributed by atoms with Crippen LogP contribution in [0.2, 0.25) is 0 Å². The number of Topliss-reactive ketones (excluding diaryl/α,β-unsaturated/α-hetero) is 1. The Morgan fingerprint density at radius 3 is 2.94 bits per heavy atom. The predicted octanol–water partition coefficient (Wildman–Crippen LogP) is 2.57. The number of nitrogens with zero attached hydrogens (tertiary/aromatic N) is 2. The first-order valence-electron chi connectivity index (χ1n) is 4.87. The number of hydrogen-bond donors (Lipinski definition) is 1. The highest BCUT2D eigenvalue weighted by atomic mass is 79.9. The topological polar surface area (TPSA) is 68.9 Å². The van der Waals surface area contributed by atoms with Crippen LogP contribution in [0, 0.1) is 0 Å². The standard InChI is InChI=1S/C11H10BrN3O/c1-2-9(16)8-4-3-6-10(15-8)7(12)5-14-11(6)13/h3-5H,2H2,1H3,(H2,13,14). The third kappa shape index (κ3) is 1.78. The number of fused-ring (bicyclic) bond motifs is 1. The van der Waals surface area contributed by atoms with Gasteiger partial charge in [0.05, 0.1) is 9.99 Å². The summed E-state index contributed by atoms with van der Waals surface area (Å²) in [6.45, 7) is 1.81. The average Bonchev–Trinajstić information content (AvgIpc) is 2.32. The molecule has 0 aliphatic carbocycles. The highest BCUT2D eigenvalue weighted by molar-refractivity contribution is 9.10. The fourth-order valence-electron chi connectivity index (χ4n) is 1.44. The molecule has 2 N–H and O–H groups in total. The molecule has 5 heteroatoms. The van der Waals surface area contributed by atoms with Gasteiger partial charge in [0, 0.05) is 18.0 Å². The smallest absolute Gasteiger partial charge is 0.180 e. The van der Waals surface area contributed by atoms with Crippen molar-refractivity contribution >= 4 is 38.4 Å². The number of aromatic nitrogens is 2. The Labute approximate surface area is 101 Å². The molecule has 0 spiro atoms. The number of nitrogens with two attached hydrogens (primary N) is 1. The molecular formula is C11H10BrN3O. The SMILES string of the molecule is CCC(=O)c1ccc2c(N)ncc(Br)c2n1. The van der Waals surface area contributed by atoms with Crippen LogP contribution >= 0.6 is 15.9 Å². The van der Waals surface area contributed by atoms with Gasteiger partial charge in [-0.15, -0.1) is 0 Å². The van der Waals surface area contributed by atoms with E-state index in [1.807, 2.05) is 6.92 Å². The zero-order valence-corrected chi connectivity index (χ0v) is 10.3. The Bertz CT molecular complexity index is 568. The van der Waals surface area contributed by atoms with E-state index >= 15 is 0 Å². The minimum Gasteiger partial charge on any atom is -0.383 e.